The lowest BCUT2D eigenvalue weighted by molar-refractivity contribution is -0.136. The van der Waals surface area contributed by atoms with Crippen LogP contribution in [0.25, 0.3) is 0 Å². The van der Waals surface area contributed by atoms with Gasteiger partial charge in [-0.15, -0.1) is 0 Å². The molecular formula is C14H22N2O2S. The molecule has 4 nitrogen and oxygen atoms in total. The molecule has 1 fully saturated rings. The quantitative estimate of drug-likeness (QED) is 0.868. The van der Waals surface area contributed by atoms with Gasteiger partial charge in [-0.1, -0.05) is 26.2 Å². The van der Waals surface area contributed by atoms with E-state index in [1.807, 2.05) is 6.92 Å². The van der Waals surface area contributed by atoms with E-state index in [1.165, 1.54) is 32.1 Å². The maximum absolute atomic E-state index is 10.6. The molecule has 0 aliphatic heterocycles. The van der Waals surface area contributed by atoms with Gasteiger partial charge in [-0.05, 0) is 18.9 Å². The molecule has 0 aromatic carbocycles. The molecule has 1 unspecified atom stereocenters. The molecule has 106 valence electrons. The summed E-state index contributed by atoms with van der Waals surface area (Å²) in [7, 11) is 0. The lowest BCUT2D eigenvalue weighted by atomic mass is 9.96. The van der Waals surface area contributed by atoms with E-state index in [4.69, 9.17) is 5.11 Å². The normalized spacial score (nSPS) is 18.4. The van der Waals surface area contributed by atoms with Gasteiger partial charge in [-0.2, -0.15) is 16.9 Å². The van der Waals surface area contributed by atoms with Crippen molar-refractivity contribution in [1.82, 2.24) is 9.78 Å². The highest BCUT2D eigenvalue weighted by Crippen LogP contribution is 2.28. The average Bonchev–Trinajstić information content (AvgIpc) is 2.85. The molecule has 1 aliphatic rings. The Bertz CT molecular complexity index is 413. The molecule has 0 amide bonds. The monoisotopic (exact) mass is 282 g/mol. The number of nitrogens with zero attached hydrogens (tertiary/aromatic N) is 2. The Labute approximate surface area is 118 Å². The van der Waals surface area contributed by atoms with Crippen LogP contribution in [0.1, 0.15) is 57.2 Å². The number of hydrogen-bond acceptors (Lipinski definition) is 3. The molecule has 0 spiro atoms. The highest BCUT2D eigenvalue weighted by molar-refractivity contribution is 7.99. The van der Waals surface area contributed by atoms with Gasteiger partial charge in [0.2, 0.25) is 0 Å². The Morgan fingerprint density at radius 1 is 1.53 bits per heavy atom. The highest BCUT2D eigenvalue weighted by atomic mass is 32.2. The molecular weight excluding hydrogens is 260 g/mol. The lowest BCUT2D eigenvalue weighted by Crippen LogP contribution is -2.13. The Balaban J connectivity index is 1.81. The zero-order chi connectivity index (χ0) is 13.7. The third-order valence-electron chi connectivity index (χ3n) is 3.59. The van der Waals surface area contributed by atoms with E-state index in [0.29, 0.717) is 6.04 Å². The summed E-state index contributed by atoms with van der Waals surface area (Å²) in [6, 6.07) is 2.64. The standard InChI is InChI=1S/C14H22N2O2S/c1-11(9-14(17)18)19-10-12-7-8-16(15-12)13-5-3-2-4-6-13/h7-8,11,13H,2-6,9-10H2,1H3,(H,17,18). The van der Waals surface area contributed by atoms with E-state index in [2.05, 4.69) is 22.0 Å². The van der Waals surface area contributed by atoms with E-state index < -0.39 is 5.97 Å². The van der Waals surface area contributed by atoms with Crippen molar-refractivity contribution < 1.29 is 9.90 Å². The summed E-state index contributed by atoms with van der Waals surface area (Å²) >= 11 is 1.66. The smallest absolute Gasteiger partial charge is 0.304 e. The van der Waals surface area contributed by atoms with Crippen LogP contribution in [0.4, 0.5) is 0 Å². The minimum atomic E-state index is -0.729. The average molecular weight is 282 g/mol. The van der Waals surface area contributed by atoms with Gasteiger partial charge in [0.15, 0.2) is 0 Å². The molecule has 1 heterocycles. The van der Waals surface area contributed by atoms with Crippen molar-refractivity contribution in [1.29, 1.82) is 0 Å². The Kier molecular flexibility index (Phi) is 5.31. The van der Waals surface area contributed by atoms with Crippen LogP contribution in [0.15, 0.2) is 12.3 Å². The van der Waals surface area contributed by atoms with Crippen molar-refractivity contribution in [2.75, 3.05) is 0 Å². The number of carboxylic acids is 1. The van der Waals surface area contributed by atoms with Gasteiger partial charge >= 0.3 is 5.97 Å². The molecule has 2 rings (SSSR count). The molecule has 1 saturated carbocycles. The fraction of sp³-hybridized carbons (Fsp3) is 0.714. The van der Waals surface area contributed by atoms with Crippen LogP contribution in [0.5, 0.6) is 0 Å². The maximum atomic E-state index is 10.6. The second kappa shape index (κ2) is 6.98. The van der Waals surface area contributed by atoms with E-state index in [0.717, 1.165) is 11.4 Å². The predicted octanol–water partition coefficient (Wildman–Crippen LogP) is 3.48. The number of rotatable bonds is 6. The molecule has 1 atom stereocenters. The number of thioether (sulfide) groups is 1. The van der Waals surface area contributed by atoms with Crippen LogP contribution < -0.4 is 0 Å². The van der Waals surface area contributed by atoms with E-state index >= 15 is 0 Å². The number of carbonyl (C=O) groups is 1. The highest BCUT2D eigenvalue weighted by Gasteiger charge is 2.16. The Morgan fingerprint density at radius 3 is 2.95 bits per heavy atom. The molecule has 1 N–H and O–H groups in total. The Morgan fingerprint density at radius 2 is 2.26 bits per heavy atom. The van der Waals surface area contributed by atoms with Crippen molar-refractivity contribution in [2.45, 2.75) is 62.5 Å². The van der Waals surface area contributed by atoms with Gasteiger partial charge in [0.1, 0.15) is 0 Å². The minimum Gasteiger partial charge on any atom is -0.481 e. The summed E-state index contributed by atoms with van der Waals surface area (Å²) < 4.78 is 2.11. The maximum Gasteiger partial charge on any atom is 0.304 e. The first-order chi connectivity index (χ1) is 9.15. The first kappa shape index (κ1) is 14.4. The molecule has 1 aromatic heterocycles. The number of hydrogen-bond donors (Lipinski definition) is 1. The fourth-order valence-electron chi connectivity index (χ4n) is 2.54. The molecule has 0 saturated heterocycles. The van der Waals surface area contributed by atoms with Crippen LogP contribution in [-0.4, -0.2) is 26.1 Å². The zero-order valence-electron chi connectivity index (χ0n) is 11.4. The van der Waals surface area contributed by atoms with Gasteiger partial charge in [0.05, 0.1) is 18.2 Å². The predicted molar refractivity (Wildman–Crippen MR) is 77.4 cm³/mol. The number of aromatic nitrogens is 2. The van der Waals surface area contributed by atoms with Gasteiger partial charge in [-0.3, -0.25) is 9.48 Å². The van der Waals surface area contributed by atoms with Crippen LogP contribution in [0.3, 0.4) is 0 Å². The van der Waals surface area contributed by atoms with Crippen LogP contribution >= 0.6 is 11.8 Å². The van der Waals surface area contributed by atoms with E-state index in [-0.39, 0.29) is 11.7 Å². The van der Waals surface area contributed by atoms with E-state index in [9.17, 15) is 4.79 Å². The van der Waals surface area contributed by atoms with Crippen molar-refractivity contribution in [3.05, 3.63) is 18.0 Å². The van der Waals surface area contributed by atoms with Gasteiger partial charge in [0, 0.05) is 17.2 Å². The molecule has 0 radical (unpaired) electrons. The second-order valence-corrected chi connectivity index (χ2v) is 6.73. The summed E-state index contributed by atoms with van der Waals surface area (Å²) in [4.78, 5) is 10.6. The number of carboxylic acid groups (broad SMARTS) is 1. The summed E-state index contributed by atoms with van der Waals surface area (Å²) in [5.74, 6) is 0.0708. The largest absolute Gasteiger partial charge is 0.481 e. The number of aliphatic carboxylic acids is 1. The first-order valence-electron chi connectivity index (χ1n) is 7.02. The summed E-state index contributed by atoms with van der Waals surface area (Å²) in [5, 5.41) is 13.5. The topological polar surface area (TPSA) is 55.1 Å². The molecule has 0 bridgehead atoms. The van der Waals surface area contributed by atoms with Crippen molar-refractivity contribution in [3.63, 3.8) is 0 Å². The van der Waals surface area contributed by atoms with Gasteiger partial charge < -0.3 is 5.11 Å². The summed E-state index contributed by atoms with van der Waals surface area (Å²) in [6.07, 6.45) is 8.75. The Hall–Kier alpha value is -0.970. The lowest BCUT2D eigenvalue weighted by Gasteiger charge is -2.21. The third kappa shape index (κ3) is 4.56. The van der Waals surface area contributed by atoms with Gasteiger partial charge in [-0.25, -0.2) is 0 Å². The van der Waals surface area contributed by atoms with Crippen molar-refractivity contribution in [2.24, 2.45) is 0 Å². The zero-order valence-corrected chi connectivity index (χ0v) is 12.2. The summed E-state index contributed by atoms with van der Waals surface area (Å²) in [6.45, 7) is 1.96. The first-order valence-corrected chi connectivity index (χ1v) is 8.07. The SMILES string of the molecule is CC(CC(=O)O)SCc1ccn(C2CCCCC2)n1. The molecule has 19 heavy (non-hydrogen) atoms. The minimum absolute atomic E-state index is 0.136. The third-order valence-corrected chi connectivity index (χ3v) is 4.79. The second-order valence-electron chi connectivity index (χ2n) is 5.30. The van der Waals surface area contributed by atoms with Crippen LogP contribution in [0.2, 0.25) is 0 Å². The van der Waals surface area contributed by atoms with E-state index in [1.54, 1.807) is 11.8 Å². The summed E-state index contributed by atoms with van der Waals surface area (Å²) in [5.41, 5.74) is 1.06. The van der Waals surface area contributed by atoms with Crippen LogP contribution in [-0.2, 0) is 10.5 Å². The molecule has 1 aromatic rings. The van der Waals surface area contributed by atoms with Gasteiger partial charge in [0.25, 0.3) is 0 Å². The van der Waals surface area contributed by atoms with Crippen LogP contribution in [0, 0.1) is 0 Å². The fourth-order valence-corrected chi connectivity index (χ4v) is 3.41. The van der Waals surface area contributed by atoms with Crippen molar-refractivity contribution >= 4 is 17.7 Å². The van der Waals surface area contributed by atoms with Crippen molar-refractivity contribution in [3.8, 4) is 0 Å². The molecule has 1 aliphatic carbocycles. The molecule has 5 heteroatoms.